The van der Waals surface area contributed by atoms with Gasteiger partial charge in [-0.15, -0.1) is 0 Å². The molecule has 2 aromatic heterocycles. The van der Waals surface area contributed by atoms with Gasteiger partial charge in [0.1, 0.15) is 36.1 Å². The van der Waals surface area contributed by atoms with Gasteiger partial charge in [-0.3, -0.25) is 9.59 Å². The number of nitrogens with zero attached hydrogens (tertiary/aromatic N) is 4. The lowest BCUT2D eigenvalue weighted by atomic mass is 9.92. The van der Waals surface area contributed by atoms with E-state index in [1.807, 2.05) is 56.7 Å². The summed E-state index contributed by atoms with van der Waals surface area (Å²) in [5.41, 5.74) is 6.58. The molecule has 15 nitrogen and oxygen atoms in total. The fourth-order valence-corrected chi connectivity index (χ4v) is 9.19. The van der Waals surface area contributed by atoms with Crippen LogP contribution in [-0.2, 0) is 25.7 Å². The SMILES string of the molecule is COC(=O)NC(C(=O)N1CC(C)C[C@H]1c1ncc(-c2ccc3c(c2)COc2cc4c(ccc5[nH]c([C@@H]6CC[C@H](C)N6C(=O)C(NC(=O)OC)C(C)C)nc54)cc2-3)[nH]1)C(C)C. The Morgan fingerprint density at radius 2 is 1.55 bits per heavy atom. The lowest BCUT2D eigenvalue weighted by Gasteiger charge is -2.32. The summed E-state index contributed by atoms with van der Waals surface area (Å²) in [4.78, 5) is 72.6. The van der Waals surface area contributed by atoms with Gasteiger partial charge < -0.3 is 44.6 Å². The first kappa shape index (κ1) is 40.7. The number of likely N-dealkylation sites (tertiary alicyclic amines) is 2. The maximum absolute atomic E-state index is 14.0. The number of fused-ring (bicyclic) bond motifs is 6. The molecule has 0 radical (unpaired) electrons. The molecule has 15 heteroatoms. The van der Waals surface area contributed by atoms with Crippen LogP contribution in [0, 0.1) is 17.8 Å². The second kappa shape index (κ2) is 16.1. The highest BCUT2D eigenvalue weighted by Gasteiger charge is 2.42. The molecule has 3 aliphatic heterocycles. The number of H-pyrrole nitrogens is 2. The fourth-order valence-electron chi connectivity index (χ4n) is 9.19. The van der Waals surface area contributed by atoms with Crippen molar-refractivity contribution in [2.75, 3.05) is 20.8 Å². The summed E-state index contributed by atoms with van der Waals surface area (Å²) in [6.07, 6.45) is 2.87. The number of methoxy groups -OCH3 is 2. The number of imidazole rings is 2. The molecule has 60 heavy (non-hydrogen) atoms. The summed E-state index contributed by atoms with van der Waals surface area (Å²) >= 11 is 0. The Labute approximate surface area is 348 Å². The third-order valence-corrected chi connectivity index (χ3v) is 12.4. The summed E-state index contributed by atoms with van der Waals surface area (Å²) < 4.78 is 16.0. The molecule has 5 heterocycles. The molecule has 3 aromatic carbocycles. The standard InChI is InChI=1S/C45H54N8O7/c1-22(2)37(50-44(56)58-7)42(54)52-20-24(5)15-35(52)40-46-19-33(48-40)27-10-12-29-28(16-27)21-60-36-18-30-26(17-31(29)36)11-13-32-39(30)49-41(47-32)34-14-9-25(6)53(34)43(55)38(23(3)4)51-45(57)59-8/h10-13,16-19,22-25,34-35,37-38H,9,14-15,20-21H2,1-8H3,(H,46,48)(H,47,49)(H,50,56)(H,51,57)/t24?,25-,34-,35-,37?,38?/m0/s1. The van der Waals surface area contributed by atoms with Crippen LogP contribution in [0.2, 0.25) is 0 Å². The topological polar surface area (TPSA) is 184 Å². The van der Waals surface area contributed by atoms with Gasteiger partial charge in [0.15, 0.2) is 0 Å². The highest BCUT2D eigenvalue weighted by molar-refractivity contribution is 6.07. The third-order valence-electron chi connectivity index (χ3n) is 12.4. The number of hydrogen-bond acceptors (Lipinski definition) is 9. The van der Waals surface area contributed by atoms with E-state index < -0.39 is 24.3 Å². The number of amides is 4. The minimum atomic E-state index is -0.726. The number of carbonyl (C=O) groups excluding carboxylic acids is 4. The molecule has 4 N–H and O–H groups in total. The number of benzene rings is 3. The molecule has 4 amide bonds. The molecule has 0 saturated carbocycles. The molecular formula is C45H54N8O7. The van der Waals surface area contributed by atoms with E-state index in [0.717, 1.165) is 74.8 Å². The Bertz CT molecular complexity index is 2470. The summed E-state index contributed by atoms with van der Waals surface area (Å²) in [6.45, 7) is 12.7. The average molecular weight is 819 g/mol. The van der Waals surface area contributed by atoms with E-state index in [4.69, 9.17) is 24.2 Å². The van der Waals surface area contributed by atoms with Crippen molar-refractivity contribution >= 4 is 45.8 Å². The van der Waals surface area contributed by atoms with E-state index in [1.165, 1.54) is 14.2 Å². The van der Waals surface area contributed by atoms with E-state index in [-0.39, 0.29) is 47.7 Å². The van der Waals surface area contributed by atoms with Crippen molar-refractivity contribution in [2.24, 2.45) is 17.8 Å². The number of aromatic amines is 2. The van der Waals surface area contributed by atoms with Crippen LogP contribution >= 0.6 is 0 Å². The molecule has 6 atom stereocenters. The van der Waals surface area contributed by atoms with Crippen molar-refractivity contribution in [2.45, 2.75) is 97.6 Å². The second-order valence-corrected chi connectivity index (χ2v) is 17.2. The molecule has 2 fully saturated rings. The Morgan fingerprint density at radius 1 is 0.833 bits per heavy atom. The monoisotopic (exact) mass is 818 g/mol. The molecule has 8 rings (SSSR count). The second-order valence-electron chi connectivity index (χ2n) is 17.2. The Balaban J connectivity index is 1.05. The number of rotatable bonds is 9. The number of carbonyl (C=O) groups is 4. The molecule has 3 unspecified atom stereocenters. The number of alkyl carbamates (subject to hydrolysis) is 2. The van der Waals surface area contributed by atoms with E-state index in [1.54, 1.807) is 0 Å². The van der Waals surface area contributed by atoms with Crippen LogP contribution in [0.15, 0.2) is 48.7 Å². The number of aromatic nitrogens is 4. The minimum Gasteiger partial charge on any atom is -0.488 e. The molecule has 2 saturated heterocycles. The molecule has 0 aliphatic carbocycles. The van der Waals surface area contributed by atoms with Gasteiger partial charge in [-0.2, -0.15) is 0 Å². The lowest BCUT2D eigenvalue weighted by Crippen LogP contribution is -2.52. The largest absolute Gasteiger partial charge is 0.488 e. The van der Waals surface area contributed by atoms with Gasteiger partial charge in [0.25, 0.3) is 0 Å². The Morgan fingerprint density at radius 3 is 2.25 bits per heavy atom. The Kier molecular flexibility index (Phi) is 10.9. The van der Waals surface area contributed by atoms with Gasteiger partial charge in [-0.05, 0) is 90.3 Å². The van der Waals surface area contributed by atoms with E-state index >= 15 is 0 Å². The first-order valence-corrected chi connectivity index (χ1v) is 20.9. The molecule has 0 spiro atoms. The minimum absolute atomic E-state index is 0.0255. The van der Waals surface area contributed by atoms with Crippen LogP contribution in [-0.4, -0.2) is 92.6 Å². The van der Waals surface area contributed by atoms with Crippen molar-refractivity contribution in [3.05, 3.63) is 65.9 Å². The summed E-state index contributed by atoms with van der Waals surface area (Å²) in [5, 5.41) is 7.42. The number of nitrogens with one attached hydrogen (secondary N) is 4. The van der Waals surface area contributed by atoms with E-state index in [0.29, 0.717) is 24.8 Å². The van der Waals surface area contributed by atoms with Crippen molar-refractivity contribution in [1.29, 1.82) is 0 Å². The highest BCUT2D eigenvalue weighted by Crippen LogP contribution is 2.44. The molecule has 316 valence electrons. The van der Waals surface area contributed by atoms with Gasteiger partial charge in [0, 0.05) is 23.5 Å². The van der Waals surface area contributed by atoms with Crippen LogP contribution in [0.3, 0.4) is 0 Å². The van der Waals surface area contributed by atoms with Crippen LogP contribution in [0.1, 0.15) is 90.1 Å². The zero-order valence-corrected chi connectivity index (χ0v) is 35.4. The maximum atomic E-state index is 14.0. The number of ether oxygens (including phenoxy) is 3. The molecule has 0 bridgehead atoms. The summed E-state index contributed by atoms with van der Waals surface area (Å²) in [5.74, 6) is 1.89. The number of hydrogen-bond donors (Lipinski definition) is 4. The van der Waals surface area contributed by atoms with Gasteiger partial charge in [0.05, 0.1) is 49.2 Å². The maximum Gasteiger partial charge on any atom is 0.407 e. The zero-order valence-electron chi connectivity index (χ0n) is 35.4. The van der Waals surface area contributed by atoms with Gasteiger partial charge in [-0.25, -0.2) is 19.6 Å². The van der Waals surface area contributed by atoms with E-state index in [9.17, 15) is 19.2 Å². The Hall–Kier alpha value is -6.12. The zero-order chi connectivity index (χ0) is 42.6. The van der Waals surface area contributed by atoms with Crippen molar-refractivity contribution in [3.8, 4) is 28.1 Å². The molecule has 3 aliphatic rings. The smallest absolute Gasteiger partial charge is 0.407 e. The van der Waals surface area contributed by atoms with Crippen LogP contribution in [0.4, 0.5) is 9.59 Å². The van der Waals surface area contributed by atoms with Crippen molar-refractivity contribution in [3.63, 3.8) is 0 Å². The van der Waals surface area contributed by atoms with Gasteiger partial charge in [-0.1, -0.05) is 52.8 Å². The van der Waals surface area contributed by atoms with Gasteiger partial charge in [0.2, 0.25) is 11.8 Å². The first-order valence-electron chi connectivity index (χ1n) is 20.9. The predicted molar refractivity (Wildman–Crippen MR) is 226 cm³/mol. The van der Waals surface area contributed by atoms with Crippen LogP contribution in [0.5, 0.6) is 5.75 Å². The summed E-state index contributed by atoms with van der Waals surface area (Å²) in [6, 6.07) is 12.7. The van der Waals surface area contributed by atoms with Crippen LogP contribution < -0.4 is 15.4 Å². The lowest BCUT2D eigenvalue weighted by molar-refractivity contribution is -0.137. The summed E-state index contributed by atoms with van der Waals surface area (Å²) in [7, 11) is 2.59. The van der Waals surface area contributed by atoms with Crippen LogP contribution in [0.25, 0.3) is 44.2 Å². The average Bonchev–Trinajstić information content (AvgIpc) is 4.05. The first-order chi connectivity index (χ1) is 28.8. The van der Waals surface area contributed by atoms with Crippen molar-refractivity contribution < 1.29 is 33.4 Å². The van der Waals surface area contributed by atoms with Crippen molar-refractivity contribution in [1.82, 2.24) is 40.4 Å². The highest BCUT2D eigenvalue weighted by atomic mass is 16.5. The van der Waals surface area contributed by atoms with Gasteiger partial charge >= 0.3 is 12.2 Å². The normalized spacial score (nSPS) is 20.8. The quantitative estimate of drug-likeness (QED) is 0.118. The molecular weight excluding hydrogens is 765 g/mol. The molecule has 5 aromatic rings. The fraction of sp³-hybridized carbons (Fsp3) is 0.467. The third kappa shape index (κ3) is 7.38. The van der Waals surface area contributed by atoms with E-state index in [2.05, 4.69) is 63.9 Å². The predicted octanol–water partition coefficient (Wildman–Crippen LogP) is 7.39.